The molecule has 2 rings (SSSR count). The van der Waals surface area contributed by atoms with Crippen LogP contribution in [0.5, 0.6) is 0 Å². The molecule has 0 aliphatic heterocycles. The molecule has 0 fully saturated rings. The Morgan fingerprint density at radius 1 is 1.07 bits per heavy atom. The molecule has 0 amide bonds. The van der Waals surface area contributed by atoms with Gasteiger partial charge in [-0.2, -0.15) is 0 Å². The quantitative estimate of drug-likeness (QED) is 0.723. The predicted molar refractivity (Wildman–Crippen MR) is 60.1 cm³/mol. The molecule has 0 bridgehead atoms. The molecule has 0 N–H and O–H groups in total. The van der Waals surface area contributed by atoms with Gasteiger partial charge in [0.05, 0.1) is 0 Å². The maximum atomic E-state index is 10.8. The first-order valence-electron chi connectivity index (χ1n) is 4.48. The number of carbonyl (C=O) groups excluding carboxylic acids is 1. The van der Waals surface area contributed by atoms with E-state index in [0.717, 1.165) is 17.4 Å². The third-order valence-electron chi connectivity index (χ3n) is 2.11. The molecule has 0 atom stereocenters. The largest absolute Gasteiger partial charge is 0.296 e. The van der Waals surface area contributed by atoms with Crippen LogP contribution in [0.3, 0.4) is 0 Å². The molecule has 1 heterocycles. The lowest BCUT2D eigenvalue weighted by atomic mass is 10.0. The Kier molecular flexibility index (Phi) is 2.79. The second kappa shape index (κ2) is 4.24. The molecule has 0 aliphatic rings. The standard InChI is InChI=1S/C12H8ClNO/c13-11-6-2-1-4-9(11)10-5-3-7-14-12(10)8-15/h1-8H. The van der Waals surface area contributed by atoms with Crippen molar-refractivity contribution < 1.29 is 4.79 Å². The van der Waals surface area contributed by atoms with Crippen molar-refractivity contribution in [1.29, 1.82) is 0 Å². The van der Waals surface area contributed by atoms with Gasteiger partial charge in [0.1, 0.15) is 5.69 Å². The second-order valence-electron chi connectivity index (χ2n) is 3.03. The van der Waals surface area contributed by atoms with Crippen molar-refractivity contribution in [2.24, 2.45) is 0 Å². The van der Waals surface area contributed by atoms with Crippen LogP contribution in [0.2, 0.25) is 5.02 Å². The fraction of sp³-hybridized carbons (Fsp3) is 0. The zero-order valence-corrected chi connectivity index (χ0v) is 8.61. The van der Waals surface area contributed by atoms with E-state index in [9.17, 15) is 4.79 Å². The Morgan fingerprint density at radius 2 is 1.80 bits per heavy atom. The van der Waals surface area contributed by atoms with Gasteiger partial charge < -0.3 is 0 Å². The first-order chi connectivity index (χ1) is 7.33. The van der Waals surface area contributed by atoms with Crippen LogP contribution in [0.15, 0.2) is 42.6 Å². The molecule has 1 aromatic heterocycles. The molecule has 0 spiro atoms. The molecule has 2 aromatic rings. The molecule has 15 heavy (non-hydrogen) atoms. The van der Waals surface area contributed by atoms with Gasteiger partial charge in [0.2, 0.25) is 0 Å². The number of nitrogens with zero attached hydrogens (tertiary/aromatic N) is 1. The monoisotopic (exact) mass is 217 g/mol. The number of hydrogen-bond donors (Lipinski definition) is 0. The smallest absolute Gasteiger partial charge is 0.169 e. The first kappa shape index (κ1) is 9.87. The van der Waals surface area contributed by atoms with Gasteiger partial charge in [-0.1, -0.05) is 35.9 Å². The van der Waals surface area contributed by atoms with Gasteiger partial charge in [-0.3, -0.25) is 9.78 Å². The van der Waals surface area contributed by atoms with Crippen LogP contribution < -0.4 is 0 Å². The number of benzene rings is 1. The summed E-state index contributed by atoms with van der Waals surface area (Å²) in [6.07, 6.45) is 2.32. The lowest BCUT2D eigenvalue weighted by Crippen LogP contribution is -1.91. The molecule has 0 unspecified atom stereocenters. The number of hydrogen-bond acceptors (Lipinski definition) is 2. The Morgan fingerprint density at radius 3 is 2.53 bits per heavy atom. The Hall–Kier alpha value is -1.67. The van der Waals surface area contributed by atoms with E-state index in [1.54, 1.807) is 18.3 Å². The highest BCUT2D eigenvalue weighted by molar-refractivity contribution is 6.33. The number of aldehydes is 1. The molecule has 74 valence electrons. The van der Waals surface area contributed by atoms with E-state index in [2.05, 4.69) is 4.98 Å². The van der Waals surface area contributed by atoms with Gasteiger partial charge in [0.15, 0.2) is 6.29 Å². The van der Waals surface area contributed by atoms with Gasteiger partial charge >= 0.3 is 0 Å². The number of rotatable bonds is 2. The van der Waals surface area contributed by atoms with Crippen molar-refractivity contribution in [3.63, 3.8) is 0 Å². The van der Waals surface area contributed by atoms with Crippen molar-refractivity contribution in [1.82, 2.24) is 4.98 Å². The third-order valence-corrected chi connectivity index (χ3v) is 2.44. The SMILES string of the molecule is O=Cc1ncccc1-c1ccccc1Cl. The normalized spacial score (nSPS) is 9.93. The van der Waals surface area contributed by atoms with Crippen LogP contribution in [0.4, 0.5) is 0 Å². The predicted octanol–water partition coefficient (Wildman–Crippen LogP) is 3.21. The molecule has 0 saturated carbocycles. The molecule has 2 nitrogen and oxygen atoms in total. The van der Waals surface area contributed by atoms with E-state index >= 15 is 0 Å². The van der Waals surface area contributed by atoms with Gasteiger partial charge in [-0.05, 0) is 12.1 Å². The van der Waals surface area contributed by atoms with Crippen LogP contribution in [0, 0.1) is 0 Å². The van der Waals surface area contributed by atoms with Crippen LogP contribution in [0.25, 0.3) is 11.1 Å². The lowest BCUT2D eigenvalue weighted by molar-refractivity contribution is 0.111. The summed E-state index contributed by atoms with van der Waals surface area (Å²) in [5.41, 5.74) is 2.00. The zero-order chi connectivity index (χ0) is 10.7. The van der Waals surface area contributed by atoms with Crippen molar-refractivity contribution in [2.45, 2.75) is 0 Å². The van der Waals surface area contributed by atoms with E-state index in [1.165, 1.54) is 0 Å². The summed E-state index contributed by atoms with van der Waals surface area (Å²) in [5, 5.41) is 0.619. The summed E-state index contributed by atoms with van der Waals surface area (Å²) in [5.74, 6) is 0. The van der Waals surface area contributed by atoms with Crippen LogP contribution in [-0.4, -0.2) is 11.3 Å². The van der Waals surface area contributed by atoms with E-state index < -0.39 is 0 Å². The maximum Gasteiger partial charge on any atom is 0.169 e. The fourth-order valence-electron chi connectivity index (χ4n) is 1.42. The summed E-state index contributed by atoms with van der Waals surface area (Å²) in [6.45, 7) is 0. The summed E-state index contributed by atoms with van der Waals surface area (Å²) in [7, 11) is 0. The lowest BCUT2D eigenvalue weighted by Gasteiger charge is -2.05. The van der Waals surface area contributed by atoms with Crippen LogP contribution in [0.1, 0.15) is 10.5 Å². The average Bonchev–Trinajstić information content (AvgIpc) is 2.30. The maximum absolute atomic E-state index is 10.8. The second-order valence-corrected chi connectivity index (χ2v) is 3.44. The minimum absolute atomic E-state index is 0.408. The Balaban J connectivity index is 2.64. The summed E-state index contributed by atoms with van der Waals surface area (Å²) < 4.78 is 0. The van der Waals surface area contributed by atoms with Crippen LogP contribution in [-0.2, 0) is 0 Å². The molecule has 0 radical (unpaired) electrons. The van der Waals surface area contributed by atoms with Crippen molar-refractivity contribution in [3.05, 3.63) is 53.3 Å². The van der Waals surface area contributed by atoms with E-state index in [1.807, 2.05) is 24.3 Å². The Labute approximate surface area is 92.5 Å². The minimum atomic E-state index is 0.408. The number of pyridine rings is 1. The first-order valence-corrected chi connectivity index (χ1v) is 4.86. The topological polar surface area (TPSA) is 30.0 Å². The highest BCUT2D eigenvalue weighted by atomic mass is 35.5. The zero-order valence-electron chi connectivity index (χ0n) is 7.85. The highest BCUT2D eigenvalue weighted by Gasteiger charge is 2.07. The van der Waals surface area contributed by atoms with Crippen molar-refractivity contribution in [3.8, 4) is 11.1 Å². The summed E-state index contributed by atoms with van der Waals surface area (Å²) in [4.78, 5) is 14.8. The van der Waals surface area contributed by atoms with Gasteiger partial charge in [0.25, 0.3) is 0 Å². The third kappa shape index (κ3) is 1.90. The molecule has 0 aliphatic carbocycles. The van der Waals surface area contributed by atoms with E-state index in [4.69, 9.17) is 11.6 Å². The minimum Gasteiger partial charge on any atom is -0.296 e. The van der Waals surface area contributed by atoms with Gasteiger partial charge in [-0.25, -0.2) is 0 Å². The molecular formula is C12H8ClNO. The van der Waals surface area contributed by atoms with E-state index in [0.29, 0.717) is 10.7 Å². The molecular weight excluding hydrogens is 210 g/mol. The van der Waals surface area contributed by atoms with Gasteiger partial charge in [0, 0.05) is 22.3 Å². The Bertz CT molecular complexity index is 496. The number of aromatic nitrogens is 1. The summed E-state index contributed by atoms with van der Waals surface area (Å²) in [6, 6.07) is 11.0. The summed E-state index contributed by atoms with van der Waals surface area (Å²) >= 11 is 6.04. The highest BCUT2D eigenvalue weighted by Crippen LogP contribution is 2.28. The molecule has 3 heteroatoms. The number of carbonyl (C=O) groups is 1. The van der Waals surface area contributed by atoms with Crippen LogP contribution >= 0.6 is 11.6 Å². The van der Waals surface area contributed by atoms with Gasteiger partial charge in [-0.15, -0.1) is 0 Å². The fourth-order valence-corrected chi connectivity index (χ4v) is 1.66. The van der Waals surface area contributed by atoms with E-state index in [-0.39, 0.29) is 0 Å². The molecule has 0 saturated heterocycles. The number of halogens is 1. The van der Waals surface area contributed by atoms with Crippen molar-refractivity contribution in [2.75, 3.05) is 0 Å². The molecule has 1 aromatic carbocycles. The van der Waals surface area contributed by atoms with Crippen molar-refractivity contribution >= 4 is 17.9 Å². The average molecular weight is 218 g/mol.